The van der Waals surface area contributed by atoms with Gasteiger partial charge in [0.1, 0.15) is 0 Å². The van der Waals surface area contributed by atoms with Gasteiger partial charge < -0.3 is 5.32 Å². The van der Waals surface area contributed by atoms with Crippen molar-refractivity contribution in [2.75, 3.05) is 11.9 Å². The number of benzene rings is 2. The molecule has 0 saturated carbocycles. The molecule has 0 aromatic heterocycles. The number of aryl methyl sites for hydroxylation is 1. The van der Waals surface area contributed by atoms with Gasteiger partial charge >= 0.3 is 0 Å². The van der Waals surface area contributed by atoms with Crippen molar-refractivity contribution in [1.82, 2.24) is 0 Å². The van der Waals surface area contributed by atoms with Crippen LogP contribution < -0.4 is 5.32 Å². The third kappa shape index (κ3) is 3.45. The van der Waals surface area contributed by atoms with E-state index in [1.54, 1.807) is 0 Å². The van der Waals surface area contributed by atoms with Crippen LogP contribution in [-0.2, 0) is 0 Å². The van der Waals surface area contributed by atoms with Crippen LogP contribution in [0.15, 0.2) is 59.6 Å². The highest BCUT2D eigenvalue weighted by atomic mass is 14.9. The molecule has 0 spiro atoms. The minimum Gasteiger partial charge on any atom is -0.380 e. The third-order valence-corrected chi connectivity index (χ3v) is 2.75. The Hall–Kier alpha value is -2.09. The summed E-state index contributed by atoms with van der Waals surface area (Å²) in [4.78, 5) is 4.63. The number of hydrogen-bond acceptors (Lipinski definition) is 2. The monoisotopic (exact) mass is 238 g/mol. The zero-order valence-electron chi connectivity index (χ0n) is 10.9. The van der Waals surface area contributed by atoms with Gasteiger partial charge in [-0.3, -0.25) is 4.99 Å². The average Bonchev–Trinajstić information content (AvgIpc) is 2.40. The molecule has 0 aliphatic rings. The molecule has 2 rings (SSSR count). The van der Waals surface area contributed by atoms with Crippen molar-refractivity contribution in [3.8, 4) is 0 Å². The molecule has 0 aliphatic heterocycles. The first-order valence-electron chi connectivity index (χ1n) is 6.14. The number of hydrogen-bond donors (Lipinski definition) is 1. The second-order valence-corrected chi connectivity index (χ2v) is 4.35. The Morgan fingerprint density at radius 3 is 2.39 bits per heavy atom. The van der Waals surface area contributed by atoms with Crippen molar-refractivity contribution >= 4 is 17.1 Å². The van der Waals surface area contributed by atoms with Crippen LogP contribution in [0.4, 0.5) is 11.4 Å². The van der Waals surface area contributed by atoms with E-state index >= 15 is 0 Å². The molecule has 0 amide bonds. The summed E-state index contributed by atoms with van der Waals surface area (Å²) in [5.41, 5.74) is 4.45. The maximum absolute atomic E-state index is 4.63. The van der Waals surface area contributed by atoms with Crippen LogP contribution in [0.2, 0.25) is 0 Å². The number of rotatable bonds is 4. The topological polar surface area (TPSA) is 24.4 Å². The predicted octanol–water partition coefficient (Wildman–Crippen LogP) is 4.20. The molecule has 2 heteroatoms. The van der Waals surface area contributed by atoms with Crippen molar-refractivity contribution in [2.45, 2.75) is 13.8 Å². The Labute approximate surface area is 108 Å². The van der Waals surface area contributed by atoms with Crippen LogP contribution >= 0.6 is 0 Å². The van der Waals surface area contributed by atoms with Gasteiger partial charge in [-0.25, -0.2) is 0 Å². The molecule has 0 bridgehead atoms. The summed E-state index contributed by atoms with van der Waals surface area (Å²) in [6.45, 7) is 4.89. The molecule has 0 fully saturated rings. The van der Waals surface area contributed by atoms with Crippen molar-refractivity contribution in [3.63, 3.8) is 0 Å². The van der Waals surface area contributed by atoms with Crippen molar-refractivity contribution in [2.24, 2.45) is 4.99 Å². The van der Waals surface area contributed by atoms with Gasteiger partial charge in [0.25, 0.3) is 0 Å². The van der Waals surface area contributed by atoms with Crippen LogP contribution in [0.1, 0.15) is 12.5 Å². The normalized spacial score (nSPS) is 11.3. The maximum Gasteiger partial charge on any atom is 0.0658 e. The van der Waals surface area contributed by atoms with Crippen LogP contribution in [0.25, 0.3) is 0 Å². The maximum atomic E-state index is 4.63. The van der Waals surface area contributed by atoms with Crippen LogP contribution in [0, 0.1) is 6.92 Å². The van der Waals surface area contributed by atoms with Gasteiger partial charge in [0.2, 0.25) is 0 Å². The quantitative estimate of drug-likeness (QED) is 0.793. The molecule has 92 valence electrons. The van der Waals surface area contributed by atoms with E-state index in [4.69, 9.17) is 0 Å². The minimum atomic E-state index is 0.762. The zero-order valence-corrected chi connectivity index (χ0v) is 10.9. The Morgan fingerprint density at radius 1 is 1.00 bits per heavy atom. The number of nitrogens with zero attached hydrogens (tertiary/aromatic N) is 1. The minimum absolute atomic E-state index is 0.762. The standard InChI is InChI=1S/C16H18N2/c1-13-8-6-7-11-16(13)18-14(2)12-17-15-9-4-3-5-10-15/h3-11,17H,12H2,1-2H3/b18-14-. The average molecular weight is 238 g/mol. The highest BCUT2D eigenvalue weighted by Gasteiger charge is 1.96. The molecular formula is C16H18N2. The summed E-state index contributed by atoms with van der Waals surface area (Å²) in [7, 11) is 0. The van der Waals surface area contributed by atoms with Crippen LogP contribution in [0.5, 0.6) is 0 Å². The highest BCUT2D eigenvalue weighted by molar-refractivity contribution is 5.88. The van der Waals surface area contributed by atoms with Crippen molar-refractivity contribution in [1.29, 1.82) is 0 Å². The highest BCUT2D eigenvalue weighted by Crippen LogP contribution is 2.17. The first-order chi connectivity index (χ1) is 8.75. The first-order valence-corrected chi connectivity index (χ1v) is 6.14. The van der Waals surface area contributed by atoms with Crippen molar-refractivity contribution < 1.29 is 0 Å². The van der Waals surface area contributed by atoms with Crippen molar-refractivity contribution in [3.05, 3.63) is 60.2 Å². The van der Waals surface area contributed by atoms with E-state index < -0.39 is 0 Å². The molecule has 2 nitrogen and oxygen atoms in total. The molecule has 0 saturated heterocycles. The molecule has 0 radical (unpaired) electrons. The summed E-state index contributed by atoms with van der Waals surface area (Å²) in [5.74, 6) is 0. The summed E-state index contributed by atoms with van der Waals surface area (Å²) in [5, 5.41) is 3.35. The molecule has 0 unspecified atom stereocenters. The Balaban J connectivity index is 2.00. The molecule has 18 heavy (non-hydrogen) atoms. The lowest BCUT2D eigenvalue weighted by atomic mass is 10.2. The number of para-hydroxylation sites is 2. The molecule has 2 aromatic carbocycles. The summed E-state index contributed by atoms with van der Waals surface area (Å²) in [6, 6.07) is 18.3. The predicted molar refractivity (Wildman–Crippen MR) is 78.9 cm³/mol. The Morgan fingerprint density at radius 2 is 1.67 bits per heavy atom. The van der Waals surface area contributed by atoms with E-state index in [1.807, 2.05) is 43.3 Å². The van der Waals surface area contributed by atoms with Gasteiger partial charge in [0.05, 0.1) is 12.2 Å². The molecular weight excluding hydrogens is 220 g/mol. The SMILES string of the molecule is C/C(CNc1ccccc1)=N/c1ccccc1C. The molecule has 0 atom stereocenters. The lowest BCUT2D eigenvalue weighted by molar-refractivity contribution is 1.32. The molecule has 0 aliphatic carbocycles. The smallest absolute Gasteiger partial charge is 0.0658 e. The first kappa shape index (κ1) is 12.4. The Bertz CT molecular complexity index is 530. The van der Waals surface area contributed by atoms with Crippen LogP contribution in [0.3, 0.4) is 0 Å². The molecule has 0 heterocycles. The lowest BCUT2D eigenvalue weighted by Crippen LogP contribution is -2.10. The fourth-order valence-electron chi connectivity index (χ4n) is 1.72. The largest absolute Gasteiger partial charge is 0.380 e. The number of anilines is 1. The fourth-order valence-corrected chi connectivity index (χ4v) is 1.72. The van der Waals surface area contributed by atoms with Gasteiger partial charge in [-0.15, -0.1) is 0 Å². The number of aliphatic imine (C=N–C) groups is 1. The van der Waals surface area contributed by atoms with E-state index in [1.165, 1.54) is 5.56 Å². The van der Waals surface area contributed by atoms with E-state index in [0.717, 1.165) is 23.6 Å². The zero-order chi connectivity index (χ0) is 12.8. The van der Waals surface area contributed by atoms with E-state index in [9.17, 15) is 0 Å². The molecule has 1 N–H and O–H groups in total. The van der Waals surface area contributed by atoms with Gasteiger partial charge in [0.15, 0.2) is 0 Å². The van der Waals surface area contributed by atoms with Gasteiger partial charge in [-0.05, 0) is 37.6 Å². The summed E-state index contributed by atoms with van der Waals surface area (Å²) < 4.78 is 0. The second kappa shape index (κ2) is 6.01. The fraction of sp³-hybridized carbons (Fsp3) is 0.188. The van der Waals surface area contributed by atoms with Gasteiger partial charge in [0, 0.05) is 11.4 Å². The Kier molecular flexibility index (Phi) is 4.13. The van der Waals surface area contributed by atoms with Gasteiger partial charge in [-0.2, -0.15) is 0 Å². The lowest BCUT2D eigenvalue weighted by Gasteiger charge is -2.06. The van der Waals surface area contributed by atoms with Crippen LogP contribution in [-0.4, -0.2) is 12.3 Å². The number of nitrogens with one attached hydrogen (secondary N) is 1. The summed E-state index contributed by atoms with van der Waals surface area (Å²) >= 11 is 0. The third-order valence-electron chi connectivity index (χ3n) is 2.75. The second-order valence-electron chi connectivity index (χ2n) is 4.35. The molecule has 2 aromatic rings. The van der Waals surface area contributed by atoms with Gasteiger partial charge in [-0.1, -0.05) is 36.4 Å². The van der Waals surface area contributed by atoms with E-state index in [-0.39, 0.29) is 0 Å². The van der Waals surface area contributed by atoms with E-state index in [0.29, 0.717) is 0 Å². The summed E-state index contributed by atoms with van der Waals surface area (Å²) in [6.07, 6.45) is 0. The van der Waals surface area contributed by atoms with E-state index in [2.05, 4.69) is 35.4 Å².